The first-order chi connectivity index (χ1) is 12.7. The largest absolute Gasteiger partial charge is 0.459 e. The number of benzene rings is 1. The van der Waals surface area contributed by atoms with Crippen LogP contribution in [0.2, 0.25) is 0 Å². The van der Waals surface area contributed by atoms with Crippen molar-refractivity contribution < 1.29 is 19.1 Å². The van der Waals surface area contributed by atoms with Gasteiger partial charge in [-0.15, -0.1) is 0 Å². The fourth-order valence-corrected chi connectivity index (χ4v) is 2.74. The molecule has 2 atom stereocenters. The predicted molar refractivity (Wildman–Crippen MR) is 105 cm³/mol. The molecule has 0 aromatic heterocycles. The van der Waals surface area contributed by atoms with Crippen molar-refractivity contribution in [3.63, 3.8) is 0 Å². The Hall–Kier alpha value is -2.37. The molecule has 0 bridgehead atoms. The maximum Gasteiger partial charge on any atom is 0.328 e. The van der Waals surface area contributed by atoms with Gasteiger partial charge in [-0.1, -0.05) is 58.0 Å². The second kappa shape index (κ2) is 11.4. The molecule has 27 heavy (non-hydrogen) atoms. The standard InChI is InChI=1S/C21H32N2O4/c1-14(2)11-18(22-16(5)24)20(25)23-19(12-15(3)4)21(26)27-13-17-9-7-6-8-10-17/h6-10,14-15,18-19H,11-13H2,1-5H3,(H,22,24)(H,23,25)/t18-,19-/m0/s1. The first-order valence-electron chi connectivity index (χ1n) is 9.47. The summed E-state index contributed by atoms with van der Waals surface area (Å²) in [5, 5.41) is 5.43. The summed E-state index contributed by atoms with van der Waals surface area (Å²) in [6.45, 7) is 9.43. The van der Waals surface area contributed by atoms with Crippen LogP contribution in [0.5, 0.6) is 0 Å². The van der Waals surface area contributed by atoms with Gasteiger partial charge in [0, 0.05) is 6.92 Å². The number of hydrogen-bond acceptors (Lipinski definition) is 4. The number of ether oxygens (including phenoxy) is 1. The van der Waals surface area contributed by atoms with Gasteiger partial charge in [0.1, 0.15) is 18.7 Å². The lowest BCUT2D eigenvalue weighted by atomic mass is 10.0. The number of hydrogen-bond donors (Lipinski definition) is 2. The van der Waals surface area contributed by atoms with Gasteiger partial charge >= 0.3 is 5.97 Å². The molecule has 1 rings (SSSR count). The van der Waals surface area contributed by atoms with Crippen LogP contribution in [0.15, 0.2) is 30.3 Å². The van der Waals surface area contributed by atoms with Gasteiger partial charge in [0.2, 0.25) is 11.8 Å². The van der Waals surface area contributed by atoms with Gasteiger partial charge in [-0.05, 0) is 30.2 Å². The lowest BCUT2D eigenvalue weighted by Gasteiger charge is -2.24. The van der Waals surface area contributed by atoms with Crippen molar-refractivity contribution in [3.05, 3.63) is 35.9 Å². The summed E-state index contributed by atoms with van der Waals surface area (Å²) in [6.07, 6.45) is 0.965. The highest BCUT2D eigenvalue weighted by Crippen LogP contribution is 2.11. The minimum Gasteiger partial charge on any atom is -0.459 e. The molecule has 0 saturated heterocycles. The Balaban J connectivity index is 2.76. The van der Waals surface area contributed by atoms with E-state index in [4.69, 9.17) is 4.74 Å². The van der Waals surface area contributed by atoms with Crippen molar-refractivity contribution in [2.75, 3.05) is 0 Å². The average Bonchev–Trinajstić information content (AvgIpc) is 2.58. The maximum atomic E-state index is 12.7. The lowest BCUT2D eigenvalue weighted by Crippen LogP contribution is -2.52. The molecule has 1 aromatic rings. The molecule has 1 aromatic carbocycles. The van der Waals surface area contributed by atoms with Crippen LogP contribution in [-0.2, 0) is 25.7 Å². The van der Waals surface area contributed by atoms with Gasteiger partial charge in [0.25, 0.3) is 0 Å². The third-order valence-corrected chi connectivity index (χ3v) is 3.93. The molecule has 2 N–H and O–H groups in total. The van der Waals surface area contributed by atoms with Gasteiger partial charge in [0.15, 0.2) is 0 Å². The van der Waals surface area contributed by atoms with E-state index in [1.807, 2.05) is 58.0 Å². The van der Waals surface area contributed by atoms with Gasteiger partial charge in [-0.3, -0.25) is 9.59 Å². The molecule has 150 valence electrons. The molecule has 2 amide bonds. The fourth-order valence-electron chi connectivity index (χ4n) is 2.74. The van der Waals surface area contributed by atoms with Gasteiger partial charge < -0.3 is 15.4 Å². The van der Waals surface area contributed by atoms with Crippen molar-refractivity contribution in [1.29, 1.82) is 0 Å². The van der Waals surface area contributed by atoms with Crippen LogP contribution in [0, 0.1) is 11.8 Å². The molecule has 0 radical (unpaired) electrons. The molecule has 6 nitrogen and oxygen atoms in total. The molecule has 0 aliphatic carbocycles. The van der Waals surface area contributed by atoms with E-state index in [1.54, 1.807) is 0 Å². The van der Waals surface area contributed by atoms with Crippen LogP contribution in [0.25, 0.3) is 0 Å². The summed E-state index contributed by atoms with van der Waals surface area (Å²) in [7, 11) is 0. The highest BCUT2D eigenvalue weighted by molar-refractivity contribution is 5.90. The summed E-state index contributed by atoms with van der Waals surface area (Å²) >= 11 is 0. The molecule has 6 heteroatoms. The molecule has 0 saturated carbocycles. The molecule has 0 spiro atoms. The predicted octanol–water partition coefficient (Wildman–Crippen LogP) is 2.81. The van der Waals surface area contributed by atoms with Gasteiger partial charge in [0.05, 0.1) is 0 Å². The van der Waals surface area contributed by atoms with E-state index in [1.165, 1.54) is 6.92 Å². The highest BCUT2D eigenvalue weighted by Gasteiger charge is 2.28. The van der Waals surface area contributed by atoms with Crippen molar-refractivity contribution >= 4 is 17.8 Å². The third-order valence-electron chi connectivity index (χ3n) is 3.93. The molecule has 0 heterocycles. The van der Waals surface area contributed by atoms with Crippen LogP contribution in [0.4, 0.5) is 0 Å². The lowest BCUT2D eigenvalue weighted by molar-refractivity contribution is -0.149. The monoisotopic (exact) mass is 376 g/mol. The van der Waals surface area contributed by atoms with Gasteiger partial charge in [-0.25, -0.2) is 4.79 Å². The average molecular weight is 376 g/mol. The zero-order chi connectivity index (χ0) is 20.4. The molecule has 0 aliphatic heterocycles. The Morgan fingerprint density at radius 2 is 1.44 bits per heavy atom. The second-order valence-electron chi connectivity index (χ2n) is 7.67. The molecule has 0 fully saturated rings. The van der Waals surface area contributed by atoms with Crippen molar-refractivity contribution in [2.24, 2.45) is 11.8 Å². The minimum atomic E-state index is -0.746. The Morgan fingerprint density at radius 1 is 0.889 bits per heavy atom. The van der Waals surface area contributed by atoms with E-state index < -0.39 is 18.1 Å². The Morgan fingerprint density at radius 3 is 1.96 bits per heavy atom. The Bertz CT molecular complexity index is 614. The zero-order valence-electron chi connectivity index (χ0n) is 17.0. The van der Waals surface area contributed by atoms with E-state index in [2.05, 4.69) is 10.6 Å². The van der Waals surface area contributed by atoms with Gasteiger partial charge in [-0.2, -0.15) is 0 Å². The zero-order valence-corrected chi connectivity index (χ0v) is 17.0. The van der Waals surface area contributed by atoms with Crippen LogP contribution >= 0.6 is 0 Å². The number of esters is 1. The molecule has 0 unspecified atom stereocenters. The van der Waals surface area contributed by atoms with Crippen molar-refractivity contribution in [3.8, 4) is 0 Å². The number of carbonyl (C=O) groups is 3. The summed E-state index contributed by atoms with van der Waals surface area (Å²) in [4.78, 5) is 36.6. The quantitative estimate of drug-likeness (QED) is 0.615. The van der Waals surface area contributed by atoms with Crippen LogP contribution in [-0.4, -0.2) is 29.9 Å². The number of carbonyl (C=O) groups excluding carboxylic acids is 3. The first kappa shape index (κ1) is 22.7. The molecular formula is C21H32N2O4. The van der Waals surface area contributed by atoms with Crippen molar-refractivity contribution in [2.45, 2.75) is 66.2 Å². The fraction of sp³-hybridized carbons (Fsp3) is 0.571. The summed E-state index contributed by atoms with van der Waals surface area (Å²) in [5.41, 5.74) is 0.886. The van der Waals surface area contributed by atoms with E-state index in [0.29, 0.717) is 12.8 Å². The Kier molecular flexibility index (Phi) is 9.54. The van der Waals surface area contributed by atoms with E-state index >= 15 is 0 Å². The van der Waals surface area contributed by atoms with E-state index in [9.17, 15) is 14.4 Å². The SMILES string of the molecule is CC(=O)N[C@@H](CC(C)C)C(=O)N[C@@H](CC(C)C)C(=O)OCc1ccccc1. The van der Waals surface area contributed by atoms with Crippen LogP contribution in [0.3, 0.4) is 0 Å². The van der Waals surface area contributed by atoms with Crippen LogP contribution in [0.1, 0.15) is 53.0 Å². The van der Waals surface area contributed by atoms with E-state index in [0.717, 1.165) is 5.56 Å². The maximum absolute atomic E-state index is 12.7. The van der Waals surface area contributed by atoms with Crippen LogP contribution < -0.4 is 10.6 Å². The minimum absolute atomic E-state index is 0.158. The number of nitrogens with one attached hydrogen (secondary N) is 2. The smallest absolute Gasteiger partial charge is 0.328 e. The number of rotatable bonds is 10. The third kappa shape index (κ3) is 9.22. The molecular weight excluding hydrogens is 344 g/mol. The summed E-state index contributed by atoms with van der Waals surface area (Å²) < 4.78 is 5.39. The second-order valence-corrected chi connectivity index (χ2v) is 7.67. The first-order valence-corrected chi connectivity index (χ1v) is 9.47. The summed E-state index contributed by atoms with van der Waals surface area (Å²) in [5.74, 6) is -0.679. The number of amides is 2. The van der Waals surface area contributed by atoms with Crippen molar-refractivity contribution in [1.82, 2.24) is 10.6 Å². The van der Waals surface area contributed by atoms with E-state index in [-0.39, 0.29) is 30.3 Å². The topological polar surface area (TPSA) is 84.5 Å². The Labute approximate surface area is 162 Å². The normalized spacial score (nSPS) is 13.1. The summed E-state index contributed by atoms with van der Waals surface area (Å²) in [6, 6.07) is 7.98. The molecule has 0 aliphatic rings. The highest BCUT2D eigenvalue weighted by atomic mass is 16.5.